The maximum absolute atomic E-state index is 12.2. The number of carboxylic acids is 1. The van der Waals surface area contributed by atoms with Crippen LogP contribution in [-0.2, 0) is 10.2 Å². The summed E-state index contributed by atoms with van der Waals surface area (Å²) in [5, 5.41) is 11.3. The van der Waals surface area contributed by atoms with Gasteiger partial charge in [0.25, 0.3) is 5.91 Å². The average Bonchev–Trinajstić information content (AvgIpc) is 2.86. The summed E-state index contributed by atoms with van der Waals surface area (Å²) >= 11 is 0. The minimum Gasteiger partial charge on any atom is -0.493 e. The molecule has 0 aliphatic heterocycles. The summed E-state index contributed by atoms with van der Waals surface area (Å²) in [6.45, 7) is 9.47. The summed E-state index contributed by atoms with van der Waals surface area (Å²) in [6, 6.07) is 24.4. The zero-order chi connectivity index (χ0) is 26.1. The van der Waals surface area contributed by atoms with Gasteiger partial charge in [-0.2, -0.15) is 0 Å². The van der Waals surface area contributed by atoms with Crippen LogP contribution in [0.2, 0.25) is 0 Å². The zero-order valence-electron chi connectivity index (χ0n) is 21.7. The molecule has 3 aromatic rings. The molecule has 0 aromatic heterocycles. The van der Waals surface area contributed by atoms with Crippen molar-refractivity contribution in [1.29, 1.82) is 0 Å². The molecule has 1 unspecified atom stereocenters. The van der Waals surface area contributed by atoms with Crippen LogP contribution in [0.1, 0.15) is 74.4 Å². The summed E-state index contributed by atoms with van der Waals surface area (Å²) in [5.74, 6) is -0.152. The Labute approximate surface area is 214 Å². The van der Waals surface area contributed by atoms with Gasteiger partial charge in [0.2, 0.25) is 0 Å². The molecule has 3 aromatic carbocycles. The molecule has 0 spiro atoms. The molecule has 1 atom stereocenters. The van der Waals surface area contributed by atoms with E-state index in [-0.39, 0.29) is 30.2 Å². The van der Waals surface area contributed by atoms with E-state index in [1.54, 1.807) is 12.1 Å². The Morgan fingerprint density at radius 1 is 0.889 bits per heavy atom. The largest absolute Gasteiger partial charge is 0.493 e. The van der Waals surface area contributed by atoms with Crippen LogP contribution in [0.15, 0.2) is 72.8 Å². The molecule has 36 heavy (non-hydrogen) atoms. The number of hydrogen-bond donors (Lipinski definition) is 2. The number of hydrogen-bond acceptors (Lipinski definition) is 3. The number of rotatable bonds is 11. The van der Waals surface area contributed by atoms with E-state index in [1.807, 2.05) is 24.3 Å². The smallest absolute Gasteiger partial charge is 0.305 e. The fraction of sp³-hybridized carbons (Fsp3) is 0.355. The normalized spacial score (nSPS) is 12.1. The number of carbonyl (C=O) groups is 2. The number of carbonyl (C=O) groups excluding carboxylic acids is 1. The van der Waals surface area contributed by atoms with E-state index in [1.165, 1.54) is 11.1 Å². The molecule has 5 heteroatoms. The Kier molecular flexibility index (Phi) is 9.29. The van der Waals surface area contributed by atoms with Crippen LogP contribution in [0.25, 0.3) is 11.1 Å². The lowest BCUT2D eigenvalue weighted by Crippen LogP contribution is -2.26. The third-order valence-electron chi connectivity index (χ3n) is 6.30. The first-order chi connectivity index (χ1) is 17.2. The second-order valence-electron chi connectivity index (χ2n) is 10.2. The Hall–Kier alpha value is -3.60. The standard InChI is InChI=1S/C31H37NO4/c1-5-6-26(24-7-9-25(10-8-24)30(35)32-20-19-29(33)34)21-36-28-17-13-23(14-18-28)22-11-15-27(16-12-22)31(2,3)4/h7-18,26H,5-6,19-21H2,1-4H3,(H,32,35)(H,33,34). The average molecular weight is 488 g/mol. The van der Waals surface area contributed by atoms with Crippen molar-refractivity contribution >= 4 is 11.9 Å². The van der Waals surface area contributed by atoms with Gasteiger partial charge in [0.05, 0.1) is 13.0 Å². The Bertz CT molecular complexity index is 1130. The van der Waals surface area contributed by atoms with Crippen LogP contribution >= 0.6 is 0 Å². The molecule has 0 saturated carbocycles. The summed E-state index contributed by atoms with van der Waals surface area (Å²) in [7, 11) is 0. The highest BCUT2D eigenvalue weighted by molar-refractivity contribution is 5.94. The van der Waals surface area contributed by atoms with E-state index in [2.05, 4.69) is 69.4 Å². The summed E-state index contributed by atoms with van der Waals surface area (Å²) in [6.07, 6.45) is 1.90. The van der Waals surface area contributed by atoms with Crippen molar-refractivity contribution in [3.63, 3.8) is 0 Å². The predicted octanol–water partition coefficient (Wildman–Crippen LogP) is 6.82. The van der Waals surface area contributed by atoms with Crippen LogP contribution in [0.3, 0.4) is 0 Å². The van der Waals surface area contributed by atoms with Gasteiger partial charge in [0, 0.05) is 18.0 Å². The van der Waals surface area contributed by atoms with Gasteiger partial charge in [-0.15, -0.1) is 0 Å². The molecule has 0 aliphatic rings. The summed E-state index contributed by atoms with van der Waals surface area (Å²) < 4.78 is 6.15. The number of carboxylic acid groups (broad SMARTS) is 1. The Morgan fingerprint density at radius 2 is 1.47 bits per heavy atom. The van der Waals surface area contributed by atoms with Crippen molar-refractivity contribution in [2.24, 2.45) is 0 Å². The summed E-state index contributed by atoms with van der Waals surface area (Å²) in [4.78, 5) is 22.8. The van der Waals surface area contributed by atoms with Gasteiger partial charge in [0.1, 0.15) is 5.75 Å². The topological polar surface area (TPSA) is 75.6 Å². The maximum atomic E-state index is 12.2. The Balaban J connectivity index is 1.60. The first-order valence-corrected chi connectivity index (χ1v) is 12.6. The van der Waals surface area contributed by atoms with Gasteiger partial charge < -0.3 is 15.2 Å². The highest BCUT2D eigenvalue weighted by Gasteiger charge is 2.15. The number of amides is 1. The second kappa shape index (κ2) is 12.4. The zero-order valence-corrected chi connectivity index (χ0v) is 21.7. The minimum atomic E-state index is -0.933. The molecule has 0 bridgehead atoms. The summed E-state index contributed by atoms with van der Waals surface area (Å²) in [5.41, 5.74) is 5.44. The third kappa shape index (κ3) is 7.70. The lowest BCUT2D eigenvalue weighted by atomic mass is 9.86. The van der Waals surface area contributed by atoms with Gasteiger partial charge in [-0.1, -0.05) is 82.6 Å². The fourth-order valence-corrected chi connectivity index (χ4v) is 4.09. The molecular weight excluding hydrogens is 450 g/mol. The van der Waals surface area contributed by atoms with Gasteiger partial charge in [-0.05, 0) is 58.4 Å². The number of benzene rings is 3. The van der Waals surface area contributed by atoms with Crippen molar-refractivity contribution < 1.29 is 19.4 Å². The van der Waals surface area contributed by atoms with E-state index in [0.29, 0.717) is 12.2 Å². The van der Waals surface area contributed by atoms with Crippen LogP contribution < -0.4 is 10.1 Å². The second-order valence-corrected chi connectivity index (χ2v) is 10.2. The van der Waals surface area contributed by atoms with Gasteiger partial charge in [-0.3, -0.25) is 9.59 Å². The van der Waals surface area contributed by atoms with Crippen molar-refractivity contribution in [3.8, 4) is 16.9 Å². The number of ether oxygens (including phenoxy) is 1. The minimum absolute atomic E-state index is 0.0931. The van der Waals surface area contributed by atoms with E-state index in [9.17, 15) is 9.59 Å². The van der Waals surface area contributed by atoms with Crippen molar-refractivity contribution in [2.45, 2.75) is 58.3 Å². The predicted molar refractivity (Wildman–Crippen MR) is 145 cm³/mol. The molecule has 3 rings (SSSR count). The number of nitrogens with one attached hydrogen (secondary N) is 1. The maximum Gasteiger partial charge on any atom is 0.305 e. The van der Waals surface area contributed by atoms with Crippen molar-refractivity contribution in [2.75, 3.05) is 13.2 Å². The van der Waals surface area contributed by atoms with Crippen molar-refractivity contribution in [1.82, 2.24) is 5.32 Å². The molecule has 190 valence electrons. The monoisotopic (exact) mass is 487 g/mol. The molecule has 0 aliphatic carbocycles. The highest BCUT2D eigenvalue weighted by Crippen LogP contribution is 2.28. The first kappa shape index (κ1) is 27.0. The van der Waals surface area contributed by atoms with E-state index in [0.717, 1.165) is 29.7 Å². The molecule has 1 amide bonds. The van der Waals surface area contributed by atoms with Crippen LogP contribution in [0, 0.1) is 0 Å². The van der Waals surface area contributed by atoms with Gasteiger partial charge >= 0.3 is 5.97 Å². The molecule has 0 saturated heterocycles. The molecule has 0 fully saturated rings. The lowest BCUT2D eigenvalue weighted by Gasteiger charge is -2.19. The lowest BCUT2D eigenvalue weighted by molar-refractivity contribution is -0.136. The Morgan fingerprint density at radius 3 is 2.00 bits per heavy atom. The van der Waals surface area contributed by atoms with E-state index in [4.69, 9.17) is 9.84 Å². The van der Waals surface area contributed by atoms with Crippen molar-refractivity contribution in [3.05, 3.63) is 89.5 Å². The molecular formula is C31H37NO4. The highest BCUT2D eigenvalue weighted by atomic mass is 16.5. The SMILES string of the molecule is CCCC(COc1ccc(-c2ccc(C(C)(C)C)cc2)cc1)c1ccc(C(=O)NCCC(=O)O)cc1. The van der Waals surface area contributed by atoms with Crippen LogP contribution in [-0.4, -0.2) is 30.1 Å². The molecule has 2 N–H and O–H groups in total. The van der Waals surface area contributed by atoms with E-state index >= 15 is 0 Å². The third-order valence-corrected chi connectivity index (χ3v) is 6.30. The fourth-order valence-electron chi connectivity index (χ4n) is 4.09. The first-order valence-electron chi connectivity index (χ1n) is 12.6. The number of aliphatic carboxylic acids is 1. The van der Waals surface area contributed by atoms with Crippen LogP contribution in [0.5, 0.6) is 5.75 Å². The van der Waals surface area contributed by atoms with E-state index < -0.39 is 5.97 Å². The molecule has 0 heterocycles. The molecule has 0 radical (unpaired) electrons. The van der Waals surface area contributed by atoms with Gasteiger partial charge in [-0.25, -0.2) is 0 Å². The molecule has 5 nitrogen and oxygen atoms in total. The van der Waals surface area contributed by atoms with Gasteiger partial charge in [0.15, 0.2) is 0 Å². The van der Waals surface area contributed by atoms with Crippen LogP contribution in [0.4, 0.5) is 0 Å². The quantitative estimate of drug-likeness (QED) is 0.311.